The standard InChI is InChI=1S/C17H24N2O3.ClH/c1-12-16(18-9-10-21-12)17(20)19-11-13-5-2-3-8-15(13)22-14-6-4-7-14;/h2-3,5,8,12,14,16,18H,4,6-7,9-11H2,1H3,(H,19,20);1H/t12-,16+;/m1./s1. The number of amides is 1. The molecule has 1 aliphatic carbocycles. The van der Waals surface area contributed by atoms with E-state index in [1.54, 1.807) is 0 Å². The number of hydrogen-bond acceptors (Lipinski definition) is 4. The third-order valence-corrected chi connectivity index (χ3v) is 4.37. The number of hydrogen-bond donors (Lipinski definition) is 2. The van der Waals surface area contributed by atoms with Gasteiger partial charge in [0, 0.05) is 18.7 Å². The minimum atomic E-state index is -0.284. The molecule has 6 heteroatoms. The van der Waals surface area contributed by atoms with Crippen molar-refractivity contribution in [3.8, 4) is 5.75 Å². The smallest absolute Gasteiger partial charge is 0.240 e. The molecule has 128 valence electrons. The number of morpholine rings is 1. The van der Waals surface area contributed by atoms with Gasteiger partial charge in [0.1, 0.15) is 11.8 Å². The van der Waals surface area contributed by atoms with Gasteiger partial charge in [-0.1, -0.05) is 18.2 Å². The summed E-state index contributed by atoms with van der Waals surface area (Å²) < 4.78 is 11.5. The van der Waals surface area contributed by atoms with E-state index in [1.165, 1.54) is 6.42 Å². The second-order valence-corrected chi connectivity index (χ2v) is 6.00. The van der Waals surface area contributed by atoms with Gasteiger partial charge in [0.2, 0.25) is 5.91 Å². The molecule has 5 nitrogen and oxygen atoms in total. The van der Waals surface area contributed by atoms with Crippen LogP contribution in [0, 0.1) is 0 Å². The highest BCUT2D eigenvalue weighted by Gasteiger charge is 2.28. The van der Waals surface area contributed by atoms with Crippen LogP contribution in [-0.2, 0) is 16.1 Å². The average molecular weight is 341 g/mol. The number of para-hydroxylation sites is 1. The molecule has 0 unspecified atom stereocenters. The number of carbonyl (C=O) groups excluding carboxylic acids is 1. The Bertz CT molecular complexity index is 522. The van der Waals surface area contributed by atoms with Gasteiger partial charge in [-0.15, -0.1) is 12.4 Å². The fraction of sp³-hybridized carbons (Fsp3) is 0.588. The molecule has 2 aliphatic rings. The molecule has 1 heterocycles. The Kier molecular flexibility index (Phi) is 6.69. The summed E-state index contributed by atoms with van der Waals surface area (Å²) in [7, 11) is 0. The molecular weight excluding hydrogens is 316 g/mol. The first-order valence-corrected chi connectivity index (χ1v) is 8.11. The van der Waals surface area contributed by atoms with Crippen molar-refractivity contribution in [3.05, 3.63) is 29.8 Å². The molecule has 1 saturated heterocycles. The first kappa shape index (κ1) is 18.0. The lowest BCUT2D eigenvalue weighted by Gasteiger charge is -2.30. The van der Waals surface area contributed by atoms with Gasteiger partial charge < -0.3 is 20.1 Å². The summed E-state index contributed by atoms with van der Waals surface area (Å²) in [6.07, 6.45) is 3.73. The topological polar surface area (TPSA) is 59.6 Å². The Morgan fingerprint density at radius 2 is 2.17 bits per heavy atom. The quantitative estimate of drug-likeness (QED) is 0.861. The van der Waals surface area contributed by atoms with Gasteiger partial charge in [-0.25, -0.2) is 0 Å². The normalized spacial score (nSPS) is 24.2. The lowest BCUT2D eigenvalue weighted by Crippen LogP contribution is -2.55. The summed E-state index contributed by atoms with van der Waals surface area (Å²) >= 11 is 0. The van der Waals surface area contributed by atoms with Crippen molar-refractivity contribution < 1.29 is 14.3 Å². The minimum Gasteiger partial charge on any atom is -0.490 e. The zero-order chi connectivity index (χ0) is 15.4. The van der Waals surface area contributed by atoms with Crippen LogP contribution in [0.4, 0.5) is 0 Å². The zero-order valence-corrected chi connectivity index (χ0v) is 14.2. The van der Waals surface area contributed by atoms with Crippen LogP contribution in [0.25, 0.3) is 0 Å². The van der Waals surface area contributed by atoms with Crippen molar-refractivity contribution in [2.24, 2.45) is 0 Å². The molecule has 1 saturated carbocycles. The Balaban J connectivity index is 0.00000192. The van der Waals surface area contributed by atoms with Crippen LogP contribution in [-0.4, -0.2) is 37.3 Å². The van der Waals surface area contributed by atoms with Gasteiger partial charge >= 0.3 is 0 Å². The SMILES string of the molecule is C[C@H]1OCCN[C@@H]1C(=O)NCc1ccccc1OC1CCC1.Cl. The molecule has 2 N–H and O–H groups in total. The fourth-order valence-electron chi connectivity index (χ4n) is 2.75. The molecule has 0 spiro atoms. The van der Waals surface area contributed by atoms with E-state index in [0.29, 0.717) is 25.8 Å². The lowest BCUT2D eigenvalue weighted by molar-refractivity contribution is -0.129. The van der Waals surface area contributed by atoms with E-state index >= 15 is 0 Å². The number of halogens is 1. The van der Waals surface area contributed by atoms with Crippen LogP contribution >= 0.6 is 12.4 Å². The summed E-state index contributed by atoms with van der Waals surface area (Å²) in [6.45, 7) is 3.77. The summed E-state index contributed by atoms with van der Waals surface area (Å²) in [5.41, 5.74) is 1.02. The predicted molar refractivity (Wildman–Crippen MR) is 91.0 cm³/mol. The molecule has 3 rings (SSSR count). The summed E-state index contributed by atoms with van der Waals surface area (Å²) in [4.78, 5) is 12.3. The van der Waals surface area contributed by atoms with E-state index in [-0.39, 0.29) is 30.5 Å². The van der Waals surface area contributed by atoms with Gasteiger partial charge in [0.15, 0.2) is 0 Å². The van der Waals surface area contributed by atoms with Crippen molar-refractivity contribution in [1.29, 1.82) is 0 Å². The molecule has 2 fully saturated rings. The van der Waals surface area contributed by atoms with Gasteiger partial charge in [0.25, 0.3) is 0 Å². The van der Waals surface area contributed by atoms with E-state index in [0.717, 1.165) is 24.2 Å². The van der Waals surface area contributed by atoms with Crippen molar-refractivity contribution in [2.45, 2.75) is 51.0 Å². The van der Waals surface area contributed by atoms with E-state index < -0.39 is 0 Å². The Morgan fingerprint density at radius 3 is 2.87 bits per heavy atom. The number of nitrogens with one attached hydrogen (secondary N) is 2. The Morgan fingerprint density at radius 1 is 1.39 bits per heavy atom. The van der Waals surface area contributed by atoms with Crippen molar-refractivity contribution in [3.63, 3.8) is 0 Å². The maximum Gasteiger partial charge on any atom is 0.240 e. The number of rotatable bonds is 5. The van der Waals surface area contributed by atoms with Gasteiger partial charge in [0.05, 0.1) is 18.8 Å². The first-order valence-electron chi connectivity index (χ1n) is 8.11. The Hall–Kier alpha value is -1.30. The van der Waals surface area contributed by atoms with Gasteiger partial charge in [-0.05, 0) is 32.3 Å². The van der Waals surface area contributed by atoms with Crippen LogP contribution in [0.3, 0.4) is 0 Å². The average Bonchev–Trinajstić information content (AvgIpc) is 2.50. The highest BCUT2D eigenvalue weighted by Crippen LogP contribution is 2.27. The minimum absolute atomic E-state index is 0. The zero-order valence-electron chi connectivity index (χ0n) is 13.4. The number of benzene rings is 1. The molecule has 1 amide bonds. The fourth-order valence-corrected chi connectivity index (χ4v) is 2.75. The monoisotopic (exact) mass is 340 g/mol. The van der Waals surface area contributed by atoms with Crippen molar-refractivity contribution in [1.82, 2.24) is 10.6 Å². The first-order chi connectivity index (χ1) is 10.7. The van der Waals surface area contributed by atoms with Crippen molar-refractivity contribution >= 4 is 18.3 Å². The molecule has 0 aromatic heterocycles. The Labute approximate surface area is 143 Å². The molecule has 0 bridgehead atoms. The summed E-state index contributed by atoms with van der Waals surface area (Å²) in [6, 6.07) is 7.64. The van der Waals surface area contributed by atoms with E-state index in [4.69, 9.17) is 9.47 Å². The molecule has 23 heavy (non-hydrogen) atoms. The summed E-state index contributed by atoms with van der Waals surface area (Å²) in [5.74, 6) is 0.860. The molecule has 2 atom stereocenters. The van der Waals surface area contributed by atoms with Crippen LogP contribution in [0.15, 0.2) is 24.3 Å². The molecule has 1 aromatic rings. The number of carbonyl (C=O) groups is 1. The highest BCUT2D eigenvalue weighted by atomic mass is 35.5. The van der Waals surface area contributed by atoms with E-state index in [1.807, 2.05) is 31.2 Å². The highest BCUT2D eigenvalue weighted by molar-refractivity contribution is 5.85. The second-order valence-electron chi connectivity index (χ2n) is 6.00. The molecular formula is C17H25ClN2O3. The van der Waals surface area contributed by atoms with Gasteiger partial charge in [-0.2, -0.15) is 0 Å². The van der Waals surface area contributed by atoms with Gasteiger partial charge in [-0.3, -0.25) is 4.79 Å². The number of ether oxygens (including phenoxy) is 2. The summed E-state index contributed by atoms with van der Waals surface area (Å²) in [5, 5.41) is 6.19. The van der Waals surface area contributed by atoms with Crippen LogP contribution in [0.2, 0.25) is 0 Å². The van der Waals surface area contributed by atoms with Crippen LogP contribution in [0.1, 0.15) is 31.7 Å². The van der Waals surface area contributed by atoms with Crippen LogP contribution < -0.4 is 15.4 Å². The van der Waals surface area contributed by atoms with E-state index in [9.17, 15) is 4.79 Å². The molecule has 0 radical (unpaired) electrons. The third kappa shape index (κ3) is 4.59. The second kappa shape index (κ2) is 8.52. The predicted octanol–water partition coefficient (Wildman–Crippen LogP) is 2.03. The molecule has 1 aromatic carbocycles. The lowest BCUT2D eigenvalue weighted by atomic mass is 9.96. The van der Waals surface area contributed by atoms with Crippen LogP contribution in [0.5, 0.6) is 5.75 Å². The van der Waals surface area contributed by atoms with Crippen molar-refractivity contribution in [2.75, 3.05) is 13.2 Å². The third-order valence-electron chi connectivity index (χ3n) is 4.37. The maximum absolute atomic E-state index is 12.3. The molecule has 1 aliphatic heterocycles. The largest absolute Gasteiger partial charge is 0.490 e. The maximum atomic E-state index is 12.3. The van der Waals surface area contributed by atoms with E-state index in [2.05, 4.69) is 10.6 Å².